The Morgan fingerprint density at radius 3 is 2.75 bits per heavy atom. The standard InChI is InChI=1S/C16H26FN3/c1-3-15(18)16(13-6-4-7-14(17)12-13)20-9-5-8-19(2)10-11-20/h4,6-7,12,15-16H,3,5,8-11,18H2,1-2H3. The summed E-state index contributed by atoms with van der Waals surface area (Å²) < 4.78 is 13.5. The van der Waals surface area contributed by atoms with E-state index in [0.29, 0.717) is 0 Å². The van der Waals surface area contributed by atoms with E-state index in [-0.39, 0.29) is 17.9 Å². The Kier molecular flexibility index (Phi) is 5.52. The van der Waals surface area contributed by atoms with Gasteiger partial charge in [0.25, 0.3) is 0 Å². The monoisotopic (exact) mass is 279 g/mol. The molecular weight excluding hydrogens is 253 g/mol. The lowest BCUT2D eigenvalue weighted by molar-refractivity contribution is 0.174. The molecule has 1 aliphatic rings. The summed E-state index contributed by atoms with van der Waals surface area (Å²) in [6.07, 6.45) is 2.03. The number of rotatable bonds is 4. The van der Waals surface area contributed by atoms with Crippen LogP contribution in [0.15, 0.2) is 24.3 Å². The van der Waals surface area contributed by atoms with Gasteiger partial charge in [0.1, 0.15) is 5.82 Å². The summed E-state index contributed by atoms with van der Waals surface area (Å²) in [4.78, 5) is 4.77. The van der Waals surface area contributed by atoms with Crippen LogP contribution < -0.4 is 5.73 Å². The van der Waals surface area contributed by atoms with Crippen LogP contribution in [0.3, 0.4) is 0 Å². The predicted octanol–water partition coefficient (Wildman–Crippen LogP) is 2.24. The average Bonchev–Trinajstić information content (AvgIpc) is 2.64. The summed E-state index contributed by atoms with van der Waals surface area (Å²) in [6.45, 7) is 6.28. The molecule has 2 N–H and O–H groups in total. The fraction of sp³-hybridized carbons (Fsp3) is 0.625. The molecular formula is C16H26FN3. The largest absolute Gasteiger partial charge is 0.326 e. The van der Waals surface area contributed by atoms with E-state index in [0.717, 1.165) is 44.6 Å². The van der Waals surface area contributed by atoms with Crippen LogP contribution in [0.4, 0.5) is 4.39 Å². The number of hydrogen-bond donors (Lipinski definition) is 1. The minimum atomic E-state index is -0.178. The zero-order valence-electron chi connectivity index (χ0n) is 12.6. The number of nitrogens with two attached hydrogens (primary N) is 1. The first kappa shape index (κ1) is 15.4. The lowest BCUT2D eigenvalue weighted by Crippen LogP contribution is -2.42. The van der Waals surface area contributed by atoms with Gasteiger partial charge in [0.15, 0.2) is 0 Å². The Balaban J connectivity index is 2.23. The molecule has 0 saturated carbocycles. The molecule has 2 unspecified atom stereocenters. The SMILES string of the molecule is CCC(N)C(c1cccc(F)c1)N1CCCN(C)CC1. The first-order chi connectivity index (χ1) is 9.61. The fourth-order valence-corrected chi connectivity index (χ4v) is 2.99. The van der Waals surface area contributed by atoms with E-state index < -0.39 is 0 Å². The van der Waals surface area contributed by atoms with Gasteiger partial charge in [-0.15, -0.1) is 0 Å². The lowest BCUT2D eigenvalue weighted by Gasteiger charge is -2.35. The molecule has 1 aromatic carbocycles. The van der Waals surface area contributed by atoms with Crippen LogP contribution >= 0.6 is 0 Å². The molecule has 1 fully saturated rings. The molecule has 2 rings (SSSR count). The predicted molar refractivity (Wildman–Crippen MR) is 81.1 cm³/mol. The molecule has 20 heavy (non-hydrogen) atoms. The molecule has 0 spiro atoms. The summed E-state index contributed by atoms with van der Waals surface area (Å²) >= 11 is 0. The van der Waals surface area contributed by atoms with Crippen LogP contribution in [-0.4, -0.2) is 49.1 Å². The highest BCUT2D eigenvalue weighted by molar-refractivity contribution is 5.22. The second-order valence-corrected chi connectivity index (χ2v) is 5.76. The van der Waals surface area contributed by atoms with Crippen molar-refractivity contribution in [2.24, 2.45) is 5.73 Å². The Morgan fingerprint density at radius 2 is 2.05 bits per heavy atom. The summed E-state index contributed by atoms with van der Waals surface area (Å²) in [5.74, 6) is -0.178. The minimum absolute atomic E-state index is 0.0419. The molecule has 3 nitrogen and oxygen atoms in total. The topological polar surface area (TPSA) is 32.5 Å². The molecule has 112 valence electrons. The minimum Gasteiger partial charge on any atom is -0.326 e. The van der Waals surface area contributed by atoms with Crippen molar-refractivity contribution in [2.45, 2.75) is 31.8 Å². The Bertz CT molecular complexity index is 424. The van der Waals surface area contributed by atoms with Gasteiger partial charge >= 0.3 is 0 Å². The third-order valence-corrected chi connectivity index (χ3v) is 4.21. The van der Waals surface area contributed by atoms with Crippen molar-refractivity contribution >= 4 is 0 Å². The van der Waals surface area contributed by atoms with Crippen molar-refractivity contribution in [3.8, 4) is 0 Å². The number of likely N-dealkylation sites (N-methyl/N-ethyl adjacent to an activating group) is 1. The third-order valence-electron chi connectivity index (χ3n) is 4.21. The second kappa shape index (κ2) is 7.16. The van der Waals surface area contributed by atoms with Crippen LogP contribution in [0.1, 0.15) is 31.4 Å². The Hall–Kier alpha value is -0.970. The van der Waals surface area contributed by atoms with Crippen LogP contribution in [0.5, 0.6) is 0 Å². The van der Waals surface area contributed by atoms with Crippen molar-refractivity contribution in [3.05, 3.63) is 35.6 Å². The molecule has 0 bridgehead atoms. The number of nitrogens with zero attached hydrogens (tertiary/aromatic N) is 2. The zero-order valence-corrected chi connectivity index (χ0v) is 12.6. The van der Waals surface area contributed by atoms with E-state index in [1.165, 1.54) is 6.07 Å². The normalized spacial score (nSPS) is 21.4. The van der Waals surface area contributed by atoms with Crippen molar-refractivity contribution in [1.82, 2.24) is 9.80 Å². The van der Waals surface area contributed by atoms with E-state index in [1.807, 2.05) is 6.07 Å². The Labute approximate surface area is 121 Å². The van der Waals surface area contributed by atoms with Crippen LogP contribution in [0.2, 0.25) is 0 Å². The molecule has 2 atom stereocenters. The Morgan fingerprint density at radius 1 is 1.25 bits per heavy atom. The summed E-state index contributed by atoms with van der Waals surface area (Å²) in [7, 11) is 2.15. The van der Waals surface area contributed by atoms with E-state index in [9.17, 15) is 4.39 Å². The van der Waals surface area contributed by atoms with Gasteiger partial charge in [0.05, 0.1) is 6.04 Å². The zero-order chi connectivity index (χ0) is 14.5. The van der Waals surface area contributed by atoms with Gasteiger partial charge < -0.3 is 10.6 Å². The van der Waals surface area contributed by atoms with Crippen molar-refractivity contribution in [1.29, 1.82) is 0 Å². The second-order valence-electron chi connectivity index (χ2n) is 5.76. The highest BCUT2D eigenvalue weighted by Crippen LogP contribution is 2.26. The van der Waals surface area contributed by atoms with Gasteiger partial charge in [-0.2, -0.15) is 0 Å². The van der Waals surface area contributed by atoms with Gasteiger partial charge in [-0.3, -0.25) is 4.90 Å². The first-order valence-corrected chi connectivity index (χ1v) is 7.55. The highest BCUT2D eigenvalue weighted by Gasteiger charge is 2.27. The van der Waals surface area contributed by atoms with Crippen LogP contribution in [0.25, 0.3) is 0 Å². The average molecular weight is 279 g/mol. The first-order valence-electron chi connectivity index (χ1n) is 7.55. The summed E-state index contributed by atoms with van der Waals surface area (Å²) in [6, 6.07) is 7.06. The molecule has 1 aromatic rings. The van der Waals surface area contributed by atoms with Gasteiger partial charge in [-0.25, -0.2) is 4.39 Å². The molecule has 0 radical (unpaired) electrons. The van der Waals surface area contributed by atoms with E-state index >= 15 is 0 Å². The van der Waals surface area contributed by atoms with Gasteiger partial charge in [0, 0.05) is 25.7 Å². The molecule has 4 heteroatoms. The summed E-state index contributed by atoms with van der Waals surface area (Å²) in [5.41, 5.74) is 7.34. The van der Waals surface area contributed by atoms with Crippen molar-refractivity contribution in [2.75, 3.05) is 33.2 Å². The molecule has 1 heterocycles. The lowest BCUT2D eigenvalue weighted by atomic mass is 9.96. The smallest absolute Gasteiger partial charge is 0.123 e. The quantitative estimate of drug-likeness (QED) is 0.917. The molecule has 0 aliphatic carbocycles. The maximum Gasteiger partial charge on any atom is 0.123 e. The molecule has 0 amide bonds. The van der Waals surface area contributed by atoms with Gasteiger partial charge in [-0.1, -0.05) is 19.1 Å². The van der Waals surface area contributed by atoms with Crippen LogP contribution in [-0.2, 0) is 0 Å². The van der Waals surface area contributed by atoms with Crippen molar-refractivity contribution < 1.29 is 4.39 Å². The van der Waals surface area contributed by atoms with Crippen molar-refractivity contribution in [3.63, 3.8) is 0 Å². The van der Waals surface area contributed by atoms with E-state index in [4.69, 9.17) is 5.73 Å². The van der Waals surface area contributed by atoms with Crippen LogP contribution in [0, 0.1) is 5.82 Å². The number of benzene rings is 1. The van der Waals surface area contributed by atoms with E-state index in [1.54, 1.807) is 12.1 Å². The van der Waals surface area contributed by atoms with Gasteiger partial charge in [0.2, 0.25) is 0 Å². The highest BCUT2D eigenvalue weighted by atomic mass is 19.1. The number of halogens is 1. The maximum absolute atomic E-state index is 13.5. The van der Waals surface area contributed by atoms with E-state index in [2.05, 4.69) is 23.8 Å². The summed E-state index contributed by atoms with van der Waals surface area (Å²) in [5, 5.41) is 0. The molecule has 1 aliphatic heterocycles. The maximum atomic E-state index is 13.5. The fourth-order valence-electron chi connectivity index (χ4n) is 2.99. The third kappa shape index (κ3) is 3.78. The van der Waals surface area contributed by atoms with Gasteiger partial charge in [-0.05, 0) is 44.1 Å². The number of hydrogen-bond acceptors (Lipinski definition) is 3. The molecule has 1 saturated heterocycles. The molecule has 0 aromatic heterocycles.